The van der Waals surface area contributed by atoms with E-state index in [9.17, 15) is 0 Å². The molecule has 2 rings (SSSR count). The Morgan fingerprint density at radius 2 is 1.12 bits per heavy atom. The molecule has 0 saturated carbocycles. The summed E-state index contributed by atoms with van der Waals surface area (Å²) in [4.78, 5) is 0. The minimum absolute atomic E-state index is 0.934. The normalized spacial score (nSPS) is 11.2. The molecule has 24 heavy (non-hydrogen) atoms. The molecule has 0 saturated heterocycles. The Kier molecular flexibility index (Phi) is 9.50. The average molecular weight is 389 g/mol. The predicted octanol–water partition coefficient (Wildman–Crippen LogP) is 8.20. The molecule has 1 heteroatoms. The highest BCUT2D eigenvalue weighted by Gasteiger charge is 1.99. The van der Waals surface area contributed by atoms with Crippen LogP contribution < -0.4 is 0 Å². The Hall–Kier alpha value is -0.820. The molecular formula is C23H33Br. The second-order valence-electron chi connectivity index (χ2n) is 7.08. The molecule has 0 aliphatic heterocycles. The molecule has 0 aliphatic rings. The fraction of sp³-hybridized carbons (Fsp3) is 0.565. The third-order valence-corrected chi connectivity index (χ3v) is 5.59. The number of rotatable bonds is 12. The summed E-state index contributed by atoms with van der Waals surface area (Å²) in [6.07, 6.45) is 15.3. The quantitative estimate of drug-likeness (QED) is 0.253. The van der Waals surface area contributed by atoms with Gasteiger partial charge in [0.15, 0.2) is 0 Å². The number of aryl methyl sites for hydroxylation is 1. The molecule has 0 heterocycles. The van der Waals surface area contributed by atoms with Crippen LogP contribution in [0.25, 0.3) is 10.8 Å². The Labute approximate surface area is 157 Å². The lowest BCUT2D eigenvalue weighted by Gasteiger charge is -2.06. The molecule has 2 aromatic rings. The number of hydrogen-bond donors (Lipinski definition) is 0. The van der Waals surface area contributed by atoms with E-state index in [1.54, 1.807) is 0 Å². The molecule has 0 nitrogen and oxygen atoms in total. The summed E-state index contributed by atoms with van der Waals surface area (Å²) in [5.74, 6) is 0. The van der Waals surface area contributed by atoms with Crippen LogP contribution in [0.5, 0.6) is 0 Å². The summed E-state index contributed by atoms with van der Waals surface area (Å²) in [6, 6.07) is 13.7. The van der Waals surface area contributed by atoms with Crippen molar-refractivity contribution >= 4 is 26.7 Å². The van der Waals surface area contributed by atoms with Crippen molar-refractivity contribution in [2.75, 3.05) is 0 Å². The van der Waals surface area contributed by atoms with Gasteiger partial charge in [0.2, 0.25) is 0 Å². The van der Waals surface area contributed by atoms with Crippen molar-refractivity contribution in [3.05, 3.63) is 47.5 Å². The summed E-state index contributed by atoms with van der Waals surface area (Å²) in [5, 5.41) is 3.67. The third-order valence-electron chi connectivity index (χ3n) is 4.94. The largest absolute Gasteiger partial charge is 0.0876 e. The van der Waals surface area contributed by atoms with Gasteiger partial charge in [-0.3, -0.25) is 0 Å². The lowest BCUT2D eigenvalue weighted by atomic mass is 10.0. The van der Waals surface area contributed by atoms with Gasteiger partial charge in [-0.25, -0.2) is 0 Å². The predicted molar refractivity (Wildman–Crippen MR) is 112 cm³/mol. The van der Waals surface area contributed by atoms with Crippen molar-refractivity contribution in [1.29, 1.82) is 0 Å². The van der Waals surface area contributed by atoms with Crippen molar-refractivity contribution in [3.8, 4) is 0 Å². The van der Waals surface area contributed by atoms with Crippen LogP contribution in [-0.4, -0.2) is 0 Å². The van der Waals surface area contributed by atoms with Crippen molar-refractivity contribution in [2.24, 2.45) is 0 Å². The van der Waals surface area contributed by atoms with E-state index in [4.69, 9.17) is 0 Å². The lowest BCUT2D eigenvalue weighted by molar-refractivity contribution is 0.556. The van der Waals surface area contributed by atoms with Gasteiger partial charge in [0.25, 0.3) is 0 Å². The molecule has 0 aromatic heterocycles. The maximum Gasteiger partial charge on any atom is 0.0283 e. The summed E-state index contributed by atoms with van der Waals surface area (Å²) in [6.45, 7) is 2.29. The molecular weight excluding hydrogens is 356 g/mol. The molecule has 0 radical (unpaired) electrons. The molecule has 0 bridgehead atoms. The van der Waals surface area contributed by atoms with Gasteiger partial charge in [-0.1, -0.05) is 117 Å². The van der Waals surface area contributed by atoms with Crippen LogP contribution in [-0.2, 0) is 11.8 Å². The maximum atomic E-state index is 3.53. The van der Waals surface area contributed by atoms with E-state index in [2.05, 4.69) is 59.3 Å². The van der Waals surface area contributed by atoms with Crippen LogP contribution in [0.3, 0.4) is 0 Å². The van der Waals surface area contributed by atoms with Crippen molar-refractivity contribution in [2.45, 2.75) is 82.9 Å². The molecule has 0 fully saturated rings. The van der Waals surface area contributed by atoms with Gasteiger partial charge in [-0.2, -0.15) is 0 Å². The summed E-state index contributed by atoms with van der Waals surface area (Å²) in [7, 11) is 0. The number of benzene rings is 2. The van der Waals surface area contributed by atoms with Crippen molar-refractivity contribution in [1.82, 2.24) is 0 Å². The van der Waals surface area contributed by atoms with Crippen molar-refractivity contribution < 1.29 is 0 Å². The molecule has 0 atom stereocenters. The fourth-order valence-electron chi connectivity index (χ4n) is 3.40. The molecule has 2 aromatic carbocycles. The zero-order chi connectivity index (χ0) is 17.0. The summed E-state index contributed by atoms with van der Waals surface area (Å²) < 4.78 is 0. The number of halogens is 1. The molecule has 0 N–H and O–H groups in total. The molecule has 0 spiro atoms. The highest BCUT2D eigenvalue weighted by atomic mass is 79.9. The average Bonchev–Trinajstić information content (AvgIpc) is 2.62. The Bertz CT molecular complexity index is 588. The number of fused-ring (bicyclic) bond motifs is 1. The minimum Gasteiger partial charge on any atom is -0.0876 e. The number of alkyl halides is 1. The Morgan fingerprint density at radius 3 is 1.71 bits per heavy atom. The smallest absolute Gasteiger partial charge is 0.0283 e. The van der Waals surface area contributed by atoms with Crippen LogP contribution in [0.4, 0.5) is 0 Å². The van der Waals surface area contributed by atoms with Gasteiger partial charge in [-0.15, -0.1) is 0 Å². The standard InChI is InChI=1S/C23H33Br/c1-2-3-4-5-6-7-8-9-10-11-12-20-13-15-23-18-21(19-24)14-16-22(23)17-20/h13-18H,2-12,19H2,1H3. The van der Waals surface area contributed by atoms with E-state index in [-0.39, 0.29) is 0 Å². The van der Waals surface area contributed by atoms with Gasteiger partial charge in [0, 0.05) is 5.33 Å². The first-order chi connectivity index (χ1) is 11.8. The first kappa shape index (κ1) is 19.5. The van der Waals surface area contributed by atoms with Gasteiger partial charge < -0.3 is 0 Å². The van der Waals surface area contributed by atoms with Crippen LogP contribution in [0.1, 0.15) is 82.3 Å². The van der Waals surface area contributed by atoms with Crippen LogP contribution in [0.2, 0.25) is 0 Å². The minimum atomic E-state index is 0.934. The van der Waals surface area contributed by atoms with E-state index in [1.807, 2.05) is 0 Å². The first-order valence-electron chi connectivity index (χ1n) is 9.91. The molecule has 0 aliphatic carbocycles. The monoisotopic (exact) mass is 388 g/mol. The Morgan fingerprint density at radius 1 is 0.625 bits per heavy atom. The summed E-state index contributed by atoms with van der Waals surface area (Å²) >= 11 is 3.53. The topological polar surface area (TPSA) is 0 Å². The zero-order valence-corrected chi connectivity index (χ0v) is 16.9. The fourth-order valence-corrected chi connectivity index (χ4v) is 3.75. The number of hydrogen-bond acceptors (Lipinski definition) is 0. The van der Waals surface area contributed by atoms with E-state index in [0.717, 1.165) is 5.33 Å². The first-order valence-corrected chi connectivity index (χ1v) is 11.0. The van der Waals surface area contributed by atoms with E-state index in [0.29, 0.717) is 0 Å². The van der Waals surface area contributed by atoms with Gasteiger partial charge >= 0.3 is 0 Å². The third kappa shape index (κ3) is 6.97. The van der Waals surface area contributed by atoms with Crippen LogP contribution >= 0.6 is 15.9 Å². The zero-order valence-electron chi connectivity index (χ0n) is 15.3. The maximum absolute atomic E-state index is 3.53. The molecule has 0 unspecified atom stereocenters. The highest BCUT2D eigenvalue weighted by Crippen LogP contribution is 2.20. The molecule has 132 valence electrons. The van der Waals surface area contributed by atoms with Crippen LogP contribution in [0.15, 0.2) is 36.4 Å². The van der Waals surface area contributed by atoms with E-state index >= 15 is 0 Å². The van der Waals surface area contributed by atoms with Crippen molar-refractivity contribution in [3.63, 3.8) is 0 Å². The summed E-state index contributed by atoms with van der Waals surface area (Å²) in [5.41, 5.74) is 2.85. The highest BCUT2D eigenvalue weighted by molar-refractivity contribution is 9.08. The van der Waals surface area contributed by atoms with E-state index in [1.165, 1.54) is 92.5 Å². The van der Waals surface area contributed by atoms with Crippen LogP contribution in [0, 0.1) is 0 Å². The SMILES string of the molecule is CCCCCCCCCCCCc1ccc2cc(CBr)ccc2c1. The number of unbranched alkanes of at least 4 members (excludes halogenated alkanes) is 9. The van der Waals surface area contributed by atoms with Gasteiger partial charge in [-0.05, 0) is 34.7 Å². The second-order valence-corrected chi connectivity index (χ2v) is 7.64. The molecule has 0 amide bonds. The Balaban J connectivity index is 1.61. The van der Waals surface area contributed by atoms with Gasteiger partial charge in [0.05, 0.1) is 0 Å². The van der Waals surface area contributed by atoms with E-state index < -0.39 is 0 Å². The lowest BCUT2D eigenvalue weighted by Crippen LogP contribution is -1.88. The van der Waals surface area contributed by atoms with Gasteiger partial charge in [0.1, 0.15) is 0 Å². The second kappa shape index (κ2) is 11.7.